The second kappa shape index (κ2) is 13.7. The van der Waals surface area contributed by atoms with E-state index in [1.54, 1.807) is 0 Å². The SMILES string of the molecule is CC.CC.CC(C)C(CC(c1ccccc1)C(C)C)c1ccccc1. The van der Waals surface area contributed by atoms with E-state index in [2.05, 4.69) is 88.4 Å². The van der Waals surface area contributed by atoms with E-state index < -0.39 is 0 Å². The van der Waals surface area contributed by atoms with Gasteiger partial charge >= 0.3 is 0 Å². The molecule has 0 heteroatoms. The Morgan fingerprint density at radius 2 is 0.800 bits per heavy atom. The van der Waals surface area contributed by atoms with Crippen molar-refractivity contribution in [3.8, 4) is 0 Å². The van der Waals surface area contributed by atoms with E-state index in [4.69, 9.17) is 0 Å². The van der Waals surface area contributed by atoms with E-state index in [-0.39, 0.29) is 0 Å². The smallest absolute Gasteiger partial charge is 0.0133 e. The Kier molecular flexibility index (Phi) is 12.8. The molecule has 140 valence electrons. The standard InChI is InChI=1S/C21H28.2C2H6/c1-16(2)20(18-11-7-5-8-12-18)15-21(17(3)4)19-13-9-6-10-14-19;2*1-2/h5-14,16-17,20-21H,15H2,1-4H3;2*1-2H3. The molecule has 0 radical (unpaired) electrons. The Labute approximate surface area is 157 Å². The van der Waals surface area contributed by atoms with Crippen molar-refractivity contribution < 1.29 is 0 Å². The monoisotopic (exact) mass is 340 g/mol. The fourth-order valence-corrected chi connectivity index (χ4v) is 3.26. The van der Waals surface area contributed by atoms with E-state index in [0.29, 0.717) is 23.7 Å². The predicted octanol–water partition coefficient (Wildman–Crippen LogP) is 8.31. The molecule has 0 aromatic heterocycles. The van der Waals surface area contributed by atoms with Gasteiger partial charge in [-0.1, -0.05) is 116 Å². The molecule has 2 unspecified atom stereocenters. The summed E-state index contributed by atoms with van der Waals surface area (Å²) in [5.41, 5.74) is 2.96. The van der Waals surface area contributed by atoms with Crippen LogP contribution in [0.1, 0.15) is 84.8 Å². The van der Waals surface area contributed by atoms with Gasteiger partial charge in [-0.15, -0.1) is 0 Å². The van der Waals surface area contributed by atoms with Crippen LogP contribution in [0, 0.1) is 11.8 Å². The lowest BCUT2D eigenvalue weighted by Crippen LogP contribution is -2.15. The molecule has 0 aliphatic carbocycles. The maximum absolute atomic E-state index is 2.35. The summed E-state index contributed by atoms with van der Waals surface area (Å²) in [6, 6.07) is 22.0. The van der Waals surface area contributed by atoms with E-state index in [9.17, 15) is 0 Å². The van der Waals surface area contributed by atoms with Gasteiger partial charge in [-0.05, 0) is 41.2 Å². The van der Waals surface area contributed by atoms with Gasteiger partial charge in [-0.2, -0.15) is 0 Å². The molecular weight excluding hydrogens is 300 g/mol. The van der Waals surface area contributed by atoms with E-state index in [1.807, 2.05) is 27.7 Å². The van der Waals surface area contributed by atoms with Crippen LogP contribution in [-0.2, 0) is 0 Å². The first-order valence-corrected chi connectivity index (χ1v) is 10.2. The minimum absolute atomic E-state index is 0.624. The third-order valence-electron chi connectivity index (χ3n) is 4.57. The highest BCUT2D eigenvalue weighted by molar-refractivity contribution is 5.24. The van der Waals surface area contributed by atoms with E-state index >= 15 is 0 Å². The maximum Gasteiger partial charge on any atom is -0.0133 e. The van der Waals surface area contributed by atoms with Gasteiger partial charge in [-0.3, -0.25) is 0 Å². The highest BCUT2D eigenvalue weighted by Crippen LogP contribution is 2.38. The first-order valence-electron chi connectivity index (χ1n) is 10.2. The predicted molar refractivity (Wildman–Crippen MR) is 115 cm³/mol. The van der Waals surface area contributed by atoms with Crippen LogP contribution < -0.4 is 0 Å². The molecule has 0 aliphatic heterocycles. The zero-order chi connectivity index (χ0) is 19.2. The second-order valence-corrected chi connectivity index (χ2v) is 6.76. The maximum atomic E-state index is 2.35. The van der Waals surface area contributed by atoms with Gasteiger partial charge in [0.1, 0.15) is 0 Å². The summed E-state index contributed by atoms with van der Waals surface area (Å²) in [5.74, 6) is 2.58. The van der Waals surface area contributed by atoms with Crippen LogP contribution in [0.4, 0.5) is 0 Å². The molecule has 0 N–H and O–H groups in total. The van der Waals surface area contributed by atoms with Crippen molar-refractivity contribution in [1.82, 2.24) is 0 Å². The molecule has 2 aromatic carbocycles. The highest BCUT2D eigenvalue weighted by atomic mass is 14.3. The molecule has 2 atom stereocenters. The van der Waals surface area contributed by atoms with Crippen LogP contribution in [0.2, 0.25) is 0 Å². The van der Waals surface area contributed by atoms with E-state index in [1.165, 1.54) is 17.5 Å². The Morgan fingerprint density at radius 1 is 0.520 bits per heavy atom. The zero-order valence-corrected chi connectivity index (χ0v) is 17.8. The van der Waals surface area contributed by atoms with Crippen LogP contribution in [0.3, 0.4) is 0 Å². The first-order chi connectivity index (χ1) is 12.1. The molecule has 0 saturated carbocycles. The van der Waals surface area contributed by atoms with Gasteiger partial charge in [0.2, 0.25) is 0 Å². The summed E-state index contributed by atoms with van der Waals surface area (Å²) in [7, 11) is 0. The Bertz CT molecular complexity index is 461. The second-order valence-electron chi connectivity index (χ2n) is 6.76. The van der Waals surface area contributed by atoms with Crippen molar-refractivity contribution in [1.29, 1.82) is 0 Å². The minimum atomic E-state index is 0.624. The molecule has 0 heterocycles. The van der Waals surface area contributed by atoms with Crippen molar-refractivity contribution in [2.45, 2.75) is 73.6 Å². The summed E-state index contributed by atoms with van der Waals surface area (Å²) >= 11 is 0. The summed E-state index contributed by atoms with van der Waals surface area (Å²) in [6.45, 7) is 17.4. The molecule has 0 amide bonds. The third-order valence-corrected chi connectivity index (χ3v) is 4.57. The average Bonchev–Trinajstić information content (AvgIpc) is 2.66. The molecule has 0 fully saturated rings. The lowest BCUT2D eigenvalue weighted by molar-refractivity contribution is 0.374. The number of rotatable bonds is 6. The molecule has 0 spiro atoms. The third kappa shape index (κ3) is 7.90. The molecule has 25 heavy (non-hydrogen) atoms. The first kappa shape index (κ1) is 23.4. The van der Waals surface area contributed by atoms with Crippen molar-refractivity contribution in [2.75, 3.05) is 0 Å². The van der Waals surface area contributed by atoms with Crippen molar-refractivity contribution >= 4 is 0 Å². The molecule has 0 aliphatic rings. The molecular formula is C25H40. The Hall–Kier alpha value is -1.56. The molecule has 2 aromatic rings. The topological polar surface area (TPSA) is 0 Å². The van der Waals surface area contributed by atoms with Gasteiger partial charge in [0.05, 0.1) is 0 Å². The van der Waals surface area contributed by atoms with Crippen LogP contribution in [-0.4, -0.2) is 0 Å². The quantitative estimate of drug-likeness (QED) is 0.496. The molecule has 0 nitrogen and oxygen atoms in total. The fraction of sp³-hybridized carbons (Fsp3) is 0.520. The average molecular weight is 341 g/mol. The summed E-state index contributed by atoms with van der Waals surface area (Å²) in [6.07, 6.45) is 1.23. The lowest BCUT2D eigenvalue weighted by atomic mass is 9.75. The van der Waals surface area contributed by atoms with Crippen molar-refractivity contribution in [2.24, 2.45) is 11.8 Å². The van der Waals surface area contributed by atoms with Gasteiger partial charge in [-0.25, -0.2) is 0 Å². The fourth-order valence-electron chi connectivity index (χ4n) is 3.26. The van der Waals surface area contributed by atoms with E-state index in [0.717, 1.165) is 0 Å². The summed E-state index contributed by atoms with van der Waals surface area (Å²) < 4.78 is 0. The summed E-state index contributed by atoms with van der Waals surface area (Å²) in [5, 5.41) is 0. The van der Waals surface area contributed by atoms with Crippen LogP contribution in [0.5, 0.6) is 0 Å². The van der Waals surface area contributed by atoms with Crippen molar-refractivity contribution in [3.05, 3.63) is 71.8 Å². The minimum Gasteiger partial charge on any atom is -0.0683 e. The largest absolute Gasteiger partial charge is 0.0683 e. The van der Waals surface area contributed by atoms with Crippen molar-refractivity contribution in [3.63, 3.8) is 0 Å². The molecule has 0 bridgehead atoms. The number of hydrogen-bond donors (Lipinski definition) is 0. The zero-order valence-electron chi connectivity index (χ0n) is 17.8. The Morgan fingerprint density at radius 3 is 1.04 bits per heavy atom. The van der Waals surface area contributed by atoms with Crippen LogP contribution in [0.15, 0.2) is 60.7 Å². The van der Waals surface area contributed by atoms with Crippen LogP contribution >= 0.6 is 0 Å². The number of benzene rings is 2. The van der Waals surface area contributed by atoms with Crippen LogP contribution in [0.25, 0.3) is 0 Å². The lowest BCUT2D eigenvalue weighted by Gasteiger charge is -2.29. The van der Waals surface area contributed by atoms with Gasteiger partial charge in [0, 0.05) is 0 Å². The number of hydrogen-bond acceptors (Lipinski definition) is 0. The highest BCUT2D eigenvalue weighted by Gasteiger charge is 2.24. The molecule has 2 rings (SSSR count). The van der Waals surface area contributed by atoms with Gasteiger partial charge in [0.25, 0.3) is 0 Å². The molecule has 0 saturated heterocycles. The normalized spacial score (nSPS) is 12.6. The summed E-state index contributed by atoms with van der Waals surface area (Å²) in [4.78, 5) is 0. The van der Waals surface area contributed by atoms with Gasteiger partial charge < -0.3 is 0 Å². The van der Waals surface area contributed by atoms with Gasteiger partial charge in [0.15, 0.2) is 0 Å². The Balaban J connectivity index is 0.00000134.